The van der Waals surface area contributed by atoms with Crippen LogP contribution in [0.2, 0.25) is 0 Å². The van der Waals surface area contributed by atoms with E-state index in [9.17, 15) is 18.4 Å². The van der Waals surface area contributed by atoms with E-state index in [0.29, 0.717) is 23.2 Å². The van der Waals surface area contributed by atoms with Crippen LogP contribution in [0.5, 0.6) is 0 Å². The van der Waals surface area contributed by atoms with Crippen molar-refractivity contribution < 1.29 is 18.3 Å². The Labute approximate surface area is 189 Å². The number of aromatic amines is 1. The Morgan fingerprint density at radius 3 is 2.74 bits per heavy atom. The molecule has 0 radical (unpaired) electrons. The molecule has 164 valence electrons. The van der Waals surface area contributed by atoms with Crippen molar-refractivity contribution >= 4 is 49.6 Å². The van der Waals surface area contributed by atoms with Crippen LogP contribution in [0.1, 0.15) is 24.2 Å². The minimum absolute atomic E-state index is 0.0439. The molecule has 6 nitrogen and oxygen atoms in total. The Morgan fingerprint density at radius 2 is 2.06 bits per heavy atom. The highest BCUT2D eigenvalue weighted by molar-refractivity contribution is 9.10. The van der Waals surface area contributed by atoms with Gasteiger partial charge >= 0.3 is 0 Å². The summed E-state index contributed by atoms with van der Waals surface area (Å²) >= 11 is 5.00. The third-order valence-corrected chi connectivity index (χ3v) is 7.19. The van der Waals surface area contributed by atoms with Crippen LogP contribution < -0.4 is 10.9 Å². The van der Waals surface area contributed by atoms with E-state index in [1.54, 1.807) is 23.3 Å². The first-order chi connectivity index (χ1) is 14.8. The first-order valence-electron chi connectivity index (χ1n) is 9.61. The summed E-state index contributed by atoms with van der Waals surface area (Å²) in [7, 11) is 1.65. The van der Waals surface area contributed by atoms with E-state index in [1.165, 1.54) is 0 Å². The molecule has 0 saturated heterocycles. The minimum Gasteiger partial charge on any atom is -0.383 e. The van der Waals surface area contributed by atoms with Crippen molar-refractivity contribution in [1.82, 2.24) is 9.88 Å². The van der Waals surface area contributed by atoms with Gasteiger partial charge in [-0.1, -0.05) is 6.92 Å². The maximum absolute atomic E-state index is 14.0. The van der Waals surface area contributed by atoms with E-state index in [-0.39, 0.29) is 30.4 Å². The number of likely N-dealkylation sites (N-methyl/N-ethyl adjacent to an activating group) is 1. The second-order valence-corrected chi connectivity index (χ2v) is 9.15. The van der Waals surface area contributed by atoms with Crippen molar-refractivity contribution in [3.63, 3.8) is 0 Å². The van der Waals surface area contributed by atoms with Gasteiger partial charge in [-0.15, -0.1) is 11.3 Å². The molecule has 1 aliphatic rings. The predicted molar refractivity (Wildman–Crippen MR) is 119 cm³/mol. The number of carbonyl (C=O) groups is 1. The monoisotopic (exact) mass is 511 g/mol. The van der Waals surface area contributed by atoms with Crippen LogP contribution in [0, 0.1) is 17.6 Å². The van der Waals surface area contributed by atoms with E-state index in [4.69, 9.17) is 4.74 Å². The molecule has 2 aromatic heterocycles. The Balaban J connectivity index is 1.64. The second kappa shape index (κ2) is 8.68. The number of halogens is 3. The van der Waals surface area contributed by atoms with Crippen molar-refractivity contribution in [2.75, 3.05) is 25.5 Å². The summed E-state index contributed by atoms with van der Waals surface area (Å²) in [5.41, 5.74) is 1.44. The standard InChI is InChI=1S/C21H20BrF2N3O3S/c1-10(5-25-17-9-31-8-13(17)22)21(29)27(2)18-7-30-6-16-19(18)11-3-14(23)15(24)4-12(11)20(28)26-16/h3-4,8-10,18,25H,5-7H2,1-2H3,(H,26,28)/t10-,18?/m1/s1. The molecule has 0 bridgehead atoms. The molecule has 1 aromatic carbocycles. The Bertz CT molecular complexity index is 1210. The fourth-order valence-electron chi connectivity index (χ4n) is 3.81. The highest BCUT2D eigenvalue weighted by Crippen LogP contribution is 2.34. The minimum atomic E-state index is -1.09. The normalized spacial score (nSPS) is 16.7. The van der Waals surface area contributed by atoms with Gasteiger partial charge in [-0.3, -0.25) is 9.59 Å². The van der Waals surface area contributed by atoms with Gasteiger partial charge in [0, 0.05) is 35.6 Å². The van der Waals surface area contributed by atoms with E-state index in [1.807, 2.05) is 17.7 Å². The van der Waals surface area contributed by atoms with Gasteiger partial charge in [-0.2, -0.15) is 0 Å². The van der Waals surface area contributed by atoms with Crippen LogP contribution in [0.3, 0.4) is 0 Å². The quantitative estimate of drug-likeness (QED) is 0.532. The fourth-order valence-corrected chi connectivity index (χ4v) is 5.20. The highest BCUT2D eigenvalue weighted by Gasteiger charge is 2.32. The number of H-pyrrole nitrogens is 1. The van der Waals surface area contributed by atoms with Crippen molar-refractivity contribution in [2.24, 2.45) is 5.92 Å². The summed E-state index contributed by atoms with van der Waals surface area (Å²) in [6, 6.07) is 1.37. The van der Waals surface area contributed by atoms with Gasteiger partial charge in [0.2, 0.25) is 5.91 Å². The number of benzene rings is 1. The number of aromatic nitrogens is 1. The topological polar surface area (TPSA) is 74.4 Å². The Morgan fingerprint density at radius 1 is 1.35 bits per heavy atom. The lowest BCUT2D eigenvalue weighted by Gasteiger charge is -2.35. The molecule has 0 saturated carbocycles. The summed E-state index contributed by atoms with van der Waals surface area (Å²) in [4.78, 5) is 29.7. The van der Waals surface area contributed by atoms with Crippen molar-refractivity contribution in [1.29, 1.82) is 0 Å². The zero-order valence-electron chi connectivity index (χ0n) is 16.8. The SMILES string of the molecule is C[C@H](CNc1cscc1Br)C(=O)N(C)C1COCc2[nH]c(=O)c3cc(F)c(F)cc3c21. The zero-order chi connectivity index (χ0) is 22.3. The van der Waals surface area contributed by atoms with E-state index < -0.39 is 23.2 Å². The molecule has 2 atom stereocenters. The number of nitrogens with zero attached hydrogens (tertiary/aromatic N) is 1. The lowest BCUT2D eigenvalue weighted by molar-refractivity contribution is -0.137. The smallest absolute Gasteiger partial charge is 0.256 e. The molecule has 1 amide bonds. The van der Waals surface area contributed by atoms with Gasteiger partial charge in [-0.05, 0) is 33.4 Å². The molecule has 0 aliphatic carbocycles. The second-order valence-electron chi connectivity index (χ2n) is 7.55. The predicted octanol–water partition coefficient (Wildman–Crippen LogP) is 4.41. The molecule has 1 unspecified atom stereocenters. The number of anilines is 1. The number of nitrogens with one attached hydrogen (secondary N) is 2. The first-order valence-corrected chi connectivity index (χ1v) is 11.3. The summed E-state index contributed by atoms with van der Waals surface area (Å²) in [5.74, 6) is -2.63. The van der Waals surface area contributed by atoms with Gasteiger partial charge < -0.3 is 19.9 Å². The molecule has 0 spiro atoms. The number of fused-ring (bicyclic) bond motifs is 3. The van der Waals surface area contributed by atoms with Gasteiger partial charge in [-0.25, -0.2) is 8.78 Å². The molecule has 1 aliphatic heterocycles. The van der Waals surface area contributed by atoms with E-state index >= 15 is 0 Å². The number of carbonyl (C=O) groups excluding carboxylic acids is 1. The average Bonchev–Trinajstić information content (AvgIpc) is 3.16. The number of ether oxygens (including phenoxy) is 1. The molecule has 10 heteroatoms. The van der Waals surface area contributed by atoms with E-state index in [2.05, 4.69) is 26.2 Å². The average molecular weight is 512 g/mol. The van der Waals surface area contributed by atoms with Crippen molar-refractivity contribution in [3.05, 3.63) is 60.6 Å². The van der Waals surface area contributed by atoms with Crippen LogP contribution in [0.25, 0.3) is 10.8 Å². The van der Waals surface area contributed by atoms with E-state index in [0.717, 1.165) is 22.3 Å². The third kappa shape index (κ3) is 4.11. The van der Waals surface area contributed by atoms with Gasteiger partial charge in [0.15, 0.2) is 11.6 Å². The largest absolute Gasteiger partial charge is 0.383 e. The Kier molecular flexibility index (Phi) is 6.14. The number of amides is 1. The molecule has 0 fully saturated rings. The number of thiophene rings is 1. The van der Waals surface area contributed by atoms with Crippen LogP contribution in [0.4, 0.5) is 14.5 Å². The summed E-state index contributed by atoms with van der Waals surface area (Å²) < 4.78 is 34.3. The molecular formula is C21H20BrF2N3O3S. The fraction of sp³-hybridized carbons (Fsp3) is 0.333. The maximum atomic E-state index is 14.0. The molecular weight excluding hydrogens is 492 g/mol. The molecule has 2 N–H and O–H groups in total. The number of rotatable bonds is 5. The number of hydrogen-bond acceptors (Lipinski definition) is 5. The van der Waals surface area contributed by atoms with Gasteiger partial charge in [0.1, 0.15) is 0 Å². The first kappa shape index (κ1) is 21.9. The molecule has 4 rings (SSSR count). The molecule has 3 aromatic rings. The van der Waals surface area contributed by atoms with Crippen LogP contribution >= 0.6 is 27.3 Å². The Hall–Kier alpha value is -2.30. The maximum Gasteiger partial charge on any atom is 0.256 e. The van der Waals surface area contributed by atoms with Crippen molar-refractivity contribution in [2.45, 2.75) is 19.6 Å². The third-order valence-electron chi connectivity index (χ3n) is 5.49. The van der Waals surface area contributed by atoms with Crippen molar-refractivity contribution in [3.8, 4) is 0 Å². The van der Waals surface area contributed by atoms with Crippen LogP contribution in [-0.4, -0.2) is 36.0 Å². The van der Waals surface area contributed by atoms with Gasteiger partial charge in [0.25, 0.3) is 5.56 Å². The highest BCUT2D eigenvalue weighted by atomic mass is 79.9. The molecule has 3 heterocycles. The lowest BCUT2D eigenvalue weighted by Crippen LogP contribution is -2.41. The number of pyridine rings is 1. The van der Waals surface area contributed by atoms with Gasteiger partial charge in [0.05, 0.1) is 40.7 Å². The zero-order valence-corrected chi connectivity index (χ0v) is 19.2. The van der Waals surface area contributed by atoms with Crippen LogP contribution in [0.15, 0.2) is 32.2 Å². The summed E-state index contributed by atoms with van der Waals surface area (Å²) in [6.07, 6.45) is 0. The summed E-state index contributed by atoms with van der Waals surface area (Å²) in [5, 5.41) is 7.48. The molecule has 31 heavy (non-hydrogen) atoms. The number of hydrogen-bond donors (Lipinski definition) is 2. The summed E-state index contributed by atoms with van der Waals surface area (Å²) in [6.45, 7) is 2.55. The van der Waals surface area contributed by atoms with Crippen LogP contribution in [-0.2, 0) is 16.1 Å². The lowest BCUT2D eigenvalue weighted by atomic mass is 9.94.